The van der Waals surface area contributed by atoms with Crippen LogP contribution in [0.25, 0.3) is 0 Å². The predicted octanol–water partition coefficient (Wildman–Crippen LogP) is 1.44. The van der Waals surface area contributed by atoms with Crippen LogP contribution in [0.2, 0.25) is 0 Å². The highest BCUT2D eigenvalue weighted by atomic mass is 32.2. The molecule has 16 heavy (non-hydrogen) atoms. The van der Waals surface area contributed by atoms with Gasteiger partial charge in [-0.25, -0.2) is 8.42 Å². The molecular formula is C11H21NO2S2. The Morgan fingerprint density at radius 1 is 1.19 bits per heavy atom. The van der Waals surface area contributed by atoms with Gasteiger partial charge in [-0.2, -0.15) is 11.8 Å². The lowest BCUT2D eigenvalue weighted by Gasteiger charge is -2.27. The molecule has 0 saturated carbocycles. The minimum atomic E-state index is -2.75. The first-order valence-electron chi connectivity index (χ1n) is 6.21. The molecule has 0 radical (unpaired) electrons. The van der Waals surface area contributed by atoms with Crippen LogP contribution in [0.5, 0.6) is 0 Å². The van der Waals surface area contributed by atoms with Crippen LogP contribution in [0.1, 0.15) is 32.1 Å². The van der Waals surface area contributed by atoms with Crippen molar-refractivity contribution in [3.05, 3.63) is 0 Å². The number of nitrogens with one attached hydrogen (secondary N) is 1. The Morgan fingerprint density at radius 3 is 2.75 bits per heavy atom. The van der Waals surface area contributed by atoms with Crippen molar-refractivity contribution in [3.8, 4) is 0 Å². The first kappa shape index (κ1) is 12.7. The Hall–Kier alpha value is 0.260. The summed E-state index contributed by atoms with van der Waals surface area (Å²) >= 11 is 2.04. The summed E-state index contributed by atoms with van der Waals surface area (Å²) in [6.45, 7) is 0.991. The van der Waals surface area contributed by atoms with Gasteiger partial charge in [-0.05, 0) is 31.4 Å². The smallest absolute Gasteiger partial charge is 0.151 e. The van der Waals surface area contributed by atoms with E-state index in [4.69, 9.17) is 0 Å². The van der Waals surface area contributed by atoms with Crippen LogP contribution in [-0.2, 0) is 9.84 Å². The lowest BCUT2D eigenvalue weighted by Crippen LogP contribution is -2.43. The van der Waals surface area contributed by atoms with E-state index < -0.39 is 9.84 Å². The molecule has 3 nitrogen and oxygen atoms in total. The van der Waals surface area contributed by atoms with E-state index in [1.165, 1.54) is 25.0 Å². The fourth-order valence-corrected chi connectivity index (χ4v) is 5.37. The molecule has 0 spiro atoms. The Bertz CT molecular complexity index is 310. The van der Waals surface area contributed by atoms with Gasteiger partial charge in [0, 0.05) is 17.8 Å². The largest absolute Gasteiger partial charge is 0.312 e. The second-order valence-corrected chi connectivity index (χ2v) is 8.49. The molecule has 2 atom stereocenters. The summed E-state index contributed by atoms with van der Waals surface area (Å²) in [6, 6.07) is 0.210. The zero-order chi connectivity index (χ0) is 11.4. The molecule has 0 aromatic heterocycles. The molecule has 5 heteroatoms. The quantitative estimate of drug-likeness (QED) is 0.837. The second kappa shape index (κ2) is 5.74. The summed E-state index contributed by atoms with van der Waals surface area (Å²) in [5.74, 6) is 2.02. The fourth-order valence-electron chi connectivity index (χ4n) is 2.45. The average Bonchev–Trinajstić information content (AvgIpc) is 2.27. The molecule has 0 amide bonds. The Kier molecular flexibility index (Phi) is 4.56. The van der Waals surface area contributed by atoms with E-state index in [2.05, 4.69) is 5.32 Å². The molecule has 2 aliphatic rings. The summed E-state index contributed by atoms with van der Waals surface area (Å²) < 4.78 is 22.9. The average molecular weight is 263 g/mol. The van der Waals surface area contributed by atoms with Gasteiger partial charge in [-0.15, -0.1) is 0 Å². The summed E-state index contributed by atoms with van der Waals surface area (Å²) in [5, 5.41) is 4.15. The second-order valence-electron chi connectivity index (χ2n) is 4.85. The van der Waals surface area contributed by atoms with Crippen molar-refractivity contribution in [1.29, 1.82) is 0 Å². The van der Waals surface area contributed by atoms with Gasteiger partial charge in [0.25, 0.3) is 0 Å². The van der Waals surface area contributed by atoms with E-state index in [9.17, 15) is 8.42 Å². The Labute approximate surface area is 103 Å². The molecule has 2 rings (SSSR count). The zero-order valence-corrected chi connectivity index (χ0v) is 11.3. The summed E-state index contributed by atoms with van der Waals surface area (Å²) in [4.78, 5) is 0. The lowest BCUT2D eigenvalue weighted by molar-refractivity contribution is 0.471. The molecule has 2 heterocycles. The normalized spacial score (nSPS) is 34.8. The number of hydrogen-bond donors (Lipinski definition) is 1. The number of hydrogen-bond acceptors (Lipinski definition) is 4. The van der Waals surface area contributed by atoms with Gasteiger partial charge >= 0.3 is 0 Å². The SMILES string of the molecule is O=S1(=O)CCCC(NCC2CCCCS2)C1. The first-order chi connectivity index (χ1) is 7.66. The molecule has 2 aliphatic heterocycles. The van der Waals surface area contributed by atoms with E-state index in [-0.39, 0.29) is 6.04 Å². The highest BCUT2D eigenvalue weighted by Crippen LogP contribution is 2.24. The topological polar surface area (TPSA) is 46.2 Å². The van der Waals surface area contributed by atoms with E-state index in [1.807, 2.05) is 11.8 Å². The van der Waals surface area contributed by atoms with E-state index in [1.54, 1.807) is 0 Å². The minimum absolute atomic E-state index is 0.210. The molecule has 0 aliphatic carbocycles. The van der Waals surface area contributed by atoms with Gasteiger partial charge in [0.05, 0.1) is 11.5 Å². The Balaban J connectivity index is 1.72. The maximum atomic E-state index is 11.5. The van der Waals surface area contributed by atoms with E-state index >= 15 is 0 Å². The van der Waals surface area contributed by atoms with Gasteiger partial charge in [0.15, 0.2) is 9.84 Å². The maximum absolute atomic E-state index is 11.5. The van der Waals surface area contributed by atoms with Crippen molar-refractivity contribution >= 4 is 21.6 Å². The molecular weight excluding hydrogens is 242 g/mol. The van der Waals surface area contributed by atoms with Crippen LogP contribution in [0.3, 0.4) is 0 Å². The predicted molar refractivity (Wildman–Crippen MR) is 69.8 cm³/mol. The van der Waals surface area contributed by atoms with Crippen molar-refractivity contribution in [2.45, 2.75) is 43.4 Å². The van der Waals surface area contributed by atoms with Crippen molar-refractivity contribution in [3.63, 3.8) is 0 Å². The minimum Gasteiger partial charge on any atom is -0.312 e. The molecule has 2 unspecified atom stereocenters. The molecule has 1 N–H and O–H groups in total. The van der Waals surface area contributed by atoms with Gasteiger partial charge in [0.1, 0.15) is 0 Å². The van der Waals surface area contributed by atoms with Crippen molar-refractivity contribution in [2.24, 2.45) is 0 Å². The number of rotatable bonds is 3. The monoisotopic (exact) mass is 263 g/mol. The van der Waals surface area contributed by atoms with Gasteiger partial charge in [0.2, 0.25) is 0 Å². The molecule has 2 saturated heterocycles. The van der Waals surface area contributed by atoms with Crippen molar-refractivity contribution < 1.29 is 8.42 Å². The molecule has 0 bridgehead atoms. The van der Waals surface area contributed by atoms with Gasteiger partial charge in [-0.3, -0.25) is 0 Å². The third-order valence-electron chi connectivity index (χ3n) is 3.37. The lowest BCUT2D eigenvalue weighted by atomic mass is 10.1. The van der Waals surface area contributed by atoms with E-state index in [0.717, 1.165) is 19.4 Å². The van der Waals surface area contributed by atoms with Gasteiger partial charge in [-0.1, -0.05) is 6.42 Å². The number of thioether (sulfide) groups is 1. The van der Waals surface area contributed by atoms with Crippen molar-refractivity contribution in [2.75, 3.05) is 23.8 Å². The standard InChI is InChI=1S/C11H21NO2S2/c13-16(14)7-3-4-10(9-16)12-8-11-5-1-2-6-15-11/h10-12H,1-9H2. The number of sulfone groups is 1. The highest BCUT2D eigenvalue weighted by Gasteiger charge is 2.25. The van der Waals surface area contributed by atoms with Crippen LogP contribution < -0.4 is 5.32 Å². The van der Waals surface area contributed by atoms with Gasteiger partial charge < -0.3 is 5.32 Å². The van der Waals surface area contributed by atoms with Crippen LogP contribution in [-0.4, -0.2) is 43.5 Å². The van der Waals surface area contributed by atoms with Crippen LogP contribution in [0.4, 0.5) is 0 Å². The van der Waals surface area contributed by atoms with Crippen molar-refractivity contribution in [1.82, 2.24) is 5.32 Å². The molecule has 0 aromatic rings. The van der Waals surface area contributed by atoms with E-state index in [0.29, 0.717) is 16.8 Å². The zero-order valence-electron chi connectivity index (χ0n) is 9.65. The third kappa shape index (κ3) is 3.93. The summed E-state index contributed by atoms with van der Waals surface area (Å²) in [7, 11) is -2.75. The maximum Gasteiger partial charge on any atom is 0.151 e. The Morgan fingerprint density at radius 2 is 2.06 bits per heavy atom. The summed E-state index contributed by atoms with van der Waals surface area (Å²) in [6.07, 6.45) is 5.83. The highest BCUT2D eigenvalue weighted by molar-refractivity contribution is 7.99. The third-order valence-corrected chi connectivity index (χ3v) is 6.59. The molecule has 0 aromatic carbocycles. The molecule has 94 valence electrons. The summed E-state index contributed by atoms with van der Waals surface area (Å²) in [5.41, 5.74) is 0. The van der Waals surface area contributed by atoms with Crippen LogP contribution in [0.15, 0.2) is 0 Å². The molecule has 2 fully saturated rings. The fraction of sp³-hybridized carbons (Fsp3) is 1.00. The first-order valence-corrected chi connectivity index (χ1v) is 9.08. The van der Waals surface area contributed by atoms with Crippen LogP contribution in [0, 0.1) is 0 Å². The van der Waals surface area contributed by atoms with Crippen LogP contribution >= 0.6 is 11.8 Å².